The van der Waals surface area contributed by atoms with Gasteiger partial charge in [0.05, 0.1) is 5.69 Å². The van der Waals surface area contributed by atoms with Crippen LogP contribution in [0, 0.1) is 13.8 Å². The maximum atomic E-state index is 5.53. The predicted molar refractivity (Wildman–Crippen MR) is 71.9 cm³/mol. The van der Waals surface area contributed by atoms with E-state index in [4.69, 9.17) is 5.73 Å². The summed E-state index contributed by atoms with van der Waals surface area (Å²) in [6.07, 6.45) is 2.81. The molecule has 0 saturated carbocycles. The highest BCUT2D eigenvalue weighted by atomic mass is 14.7. The summed E-state index contributed by atoms with van der Waals surface area (Å²) in [6, 6.07) is 10.5. The Bertz CT molecular complexity index is 501. The van der Waals surface area contributed by atoms with Crippen molar-refractivity contribution in [3.05, 3.63) is 53.2 Å². The van der Waals surface area contributed by atoms with Gasteiger partial charge in [-0.3, -0.25) is 4.98 Å². The van der Waals surface area contributed by atoms with Crippen molar-refractivity contribution in [1.82, 2.24) is 4.98 Å². The van der Waals surface area contributed by atoms with Crippen molar-refractivity contribution in [2.24, 2.45) is 5.73 Å². The summed E-state index contributed by atoms with van der Waals surface area (Å²) in [6.45, 7) is 4.94. The molecule has 0 fully saturated rings. The Morgan fingerprint density at radius 3 is 2.59 bits per heavy atom. The molecule has 2 heteroatoms. The Morgan fingerprint density at radius 1 is 1.12 bits per heavy atom. The fraction of sp³-hybridized carbons (Fsp3) is 0.267. The van der Waals surface area contributed by atoms with Crippen LogP contribution in [-0.4, -0.2) is 11.5 Å². The maximum absolute atomic E-state index is 5.53. The molecule has 0 saturated heterocycles. The molecule has 2 nitrogen and oxygen atoms in total. The first-order valence-electron chi connectivity index (χ1n) is 5.94. The van der Waals surface area contributed by atoms with Gasteiger partial charge < -0.3 is 5.73 Å². The lowest BCUT2D eigenvalue weighted by Gasteiger charge is -2.08. The lowest BCUT2D eigenvalue weighted by Crippen LogP contribution is -2.03. The molecule has 0 amide bonds. The molecular weight excluding hydrogens is 208 g/mol. The highest BCUT2D eigenvalue weighted by Gasteiger charge is 2.04. The quantitative estimate of drug-likeness (QED) is 0.874. The predicted octanol–water partition coefficient (Wildman–Crippen LogP) is 2.87. The van der Waals surface area contributed by atoms with Crippen LogP contribution in [0.4, 0.5) is 0 Å². The van der Waals surface area contributed by atoms with E-state index < -0.39 is 0 Å². The third kappa shape index (κ3) is 2.53. The standard InChI is InChI=1S/C15H18N2/c1-11-4-3-5-14(12(11)2)15-7-6-13(8-9-16)10-17-15/h3-7,10H,8-9,16H2,1-2H3. The number of nitrogens with zero attached hydrogens (tertiary/aromatic N) is 1. The summed E-state index contributed by atoms with van der Waals surface area (Å²) in [5.41, 5.74) is 11.6. The largest absolute Gasteiger partial charge is 0.330 e. The first-order chi connectivity index (χ1) is 8.22. The minimum Gasteiger partial charge on any atom is -0.330 e. The van der Waals surface area contributed by atoms with Crippen molar-refractivity contribution >= 4 is 0 Å². The fourth-order valence-electron chi connectivity index (χ4n) is 1.93. The average molecular weight is 226 g/mol. The van der Waals surface area contributed by atoms with Gasteiger partial charge in [0.1, 0.15) is 0 Å². The summed E-state index contributed by atoms with van der Waals surface area (Å²) in [4.78, 5) is 4.51. The van der Waals surface area contributed by atoms with Gasteiger partial charge in [-0.15, -0.1) is 0 Å². The number of hydrogen-bond acceptors (Lipinski definition) is 2. The monoisotopic (exact) mass is 226 g/mol. The molecule has 0 radical (unpaired) electrons. The molecule has 17 heavy (non-hydrogen) atoms. The van der Waals surface area contributed by atoms with Crippen molar-refractivity contribution in [3.8, 4) is 11.3 Å². The van der Waals surface area contributed by atoms with Crippen molar-refractivity contribution in [2.45, 2.75) is 20.3 Å². The van der Waals surface area contributed by atoms with Crippen LogP contribution < -0.4 is 5.73 Å². The zero-order valence-corrected chi connectivity index (χ0v) is 10.4. The van der Waals surface area contributed by atoms with Crippen LogP contribution in [0.15, 0.2) is 36.5 Å². The van der Waals surface area contributed by atoms with Gasteiger partial charge in [-0.05, 0) is 49.6 Å². The highest BCUT2D eigenvalue weighted by Crippen LogP contribution is 2.23. The third-order valence-corrected chi connectivity index (χ3v) is 3.14. The Hall–Kier alpha value is -1.67. The van der Waals surface area contributed by atoms with Gasteiger partial charge in [-0.1, -0.05) is 24.3 Å². The van der Waals surface area contributed by atoms with Crippen molar-refractivity contribution < 1.29 is 0 Å². The van der Waals surface area contributed by atoms with Crippen LogP contribution in [0.3, 0.4) is 0 Å². The molecule has 0 aliphatic rings. The second kappa shape index (κ2) is 5.11. The van der Waals surface area contributed by atoms with Crippen molar-refractivity contribution in [1.29, 1.82) is 0 Å². The summed E-state index contributed by atoms with van der Waals surface area (Å²) in [7, 11) is 0. The average Bonchev–Trinajstić information content (AvgIpc) is 2.34. The van der Waals surface area contributed by atoms with Crippen LogP contribution in [0.1, 0.15) is 16.7 Å². The molecule has 0 aliphatic carbocycles. The van der Waals surface area contributed by atoms with Crippen LogP contribution in [0.2, 0.25) is 0 Å². The van der Waals surface area contributed by atoms with Crippen LogP contribution in [-0.2, 0) is 6.42 Å². The second-order valence-electron chi connectivity index (χ2n) is 4.34. The molecule has 88 valence electrons. The number of aryl methyl sites for hydroxylation is 1. The molecule has 0 unspecified atom stereocenters. The van der Waals surface area contributed by atoms with Gasteiger partial charge in [0.25, 0.3) is 0 Å². The normalized spacial score (nSPS) is 10.5. The van der Waals surface area contributed by atoms with Crippen LogP contribution in [0.5, 0.6) is 0 Å². The smallest absolute Gasteiger partial charge is 0.0704 e. The van der Waals surface area contributed by atoms with E-state index >= 15 is 0 Å². The van der Waals surface area contributed by atoms with Gasteiger partial charge in [-0.2, -0.15) is 0 Å². The molecule has 2 aromatic rings. The van der Waals surface area contributed by atoms with Gasteiger partial charge in [0.15, 0.2) is 0 Å². The van der Waals surface area contributed by atoms with Gasteiger partial charge in [0.2, 0.25) is 0 Å². The van der Waals surface area contributed by atoms with Crippen molar-refractivity contribution in [2.75, 3.05) is 6.54 Å². The van der Waals surface area contributed by atoms with Gasteiger partial charge >= 0.3 is 0 Å². The second-order valence-corrected chi connectivity index (χ2v) is 4.34. The summed E-state index contributed by atoms with van der Waals surface area (Å²) in [5, 5.41) is 0. The fourth-order valence-corrected chi connectivity index (χ4v) is 1.93. The number of pyridine rings is 1. The zero-order valence-electron chi connectivity index (χ0n) is 10.4. The number of benzene rings is 1. The van der Waals surface area contributed by atoms with E-state index in [-0.39, 0.29) is 0 Å². The molecule has 0 spiro atoms. The molecule has 2 N–H and O–H groups in total. The Labute approximate surface area is 103 Å². The molecule has 1 aromatic heterocycles. The molecule has 0 bridgehead atoms. The molecule has 1 heterocycles. The van der Waals surface area contributed by atoms with Crippen LogP contribution >= 0.6 is 0 Å². The van der Waals surface area contributed by atoms with E-state index in [0.29, 0.717) is 6.54 Å². The summed E-state index contributed by atoms with van der Waals surface area (Å²) in [5.74, 6) is 0. The molecule has 0 atom stereocenters. The number of rotatable bonds is 3. The molecular formula is C15H18N2. The Balaban J connectivity index is 2.36. The van der Waals surface area contributed by atoms with E-state index in [1.165, 1.54) is 22.3 Å². The van der Waals surface area contributed by atoms with Gasteiger partial charge in [-0.25, -0.2) is 0 Å². The number of hydrogen-bond donors (Lipinski definition) is 1. The number of aromatic nitrogens is 1. The van der Waals surface area contributed by atoms with Gasteiger partial charge in [0, 0.05) is 11.8 Å². The molecule has 1 aromatic carbocycles. The third-order valence-electron chi connectivity index (χ3n) is 3.14. The van der Waals surface area contributed by atoms with E-state index in [1.54, 1.807) is 0 Å². The topological polar surface area (TPSA) is 38.9 Å². The first-order valence-corrected chi connectivity index (χ1v) is 5.94. The minimum atomic E-state index is 0.671. The first kappa shape index (κ1) is 11.8. The summed E-state index contributed by atoms with van der Waals surface area (Å²) >= 11 is 0. The SMILES string of the molecule is Cc1cccc(-c2ccc(CCN)cn2)c1C. The lowest BCUT2D eigenvalue weighted by molar-refractivity contribution is 0.959. The Kier molecular flexibility index (Phi) is 3.55. The van der Waals surface area contributed by atoms with Crippen LogP contribution in [0.25, 0.3) is 11.3 Å². The van der Waals surface area contributed by atoms with Crippen molar-refractivity contribution in [3.63, 3.8) is 0 Å². The van der Waals surface area contributed by atoms with E-state index in [9.17, 15) is 0 Å². The molecule has 0 aliphatic heterocycles. The van der Waals surface area contributed by atoms with E-state index in [1.807, 2.05) is 6.20 Å². The highest BCUT2D eigenvalue weighted by molar-refractivity contribution is 5.64. The minimum absolute atomic E-state index is 0.671. The van der Waals surface area contributed by atoms with E-state index in [0.717, 1.165) is 12.1 Å². The molecule has 2 rings (SSSR count). The lowest BCUT2D eigenvalue weighted by atomic mass is 10.0. The number of nitrogens with two attached hydrogens (primary N) is 1. The summed E-state index contributed by atoms with van der Waals surface area (Å²) < 4.78 is 0. The maximum Gasteiger partial charge on any atom is 0.0704 e. The zero-order chi connectivity index (χ0) is 12.3. The Morgan fingerprint density at radius 2 is 1.94 bits per heavy atom. The van der Waals surface area contributed by atoms with E-state index in [2.05, 4.69) is 49.2 Å².